The summed E-state index contributed by atoms with van der Waals surface area (Å²) in [5.41, 5.74) is 3.38. The fourth-order valence-electron chi connectivity index (χ4n) is 3.34. The zero-order chi connectivity index (χ0) is 20.6. The van der Waals surface area contributed by atoms with Crippen molar-refractivity contribution in [3.8, 4) is 0 Å². The zero-order valence-corrected chi connectivity index (χ0v) is 17.7. The average Bonchev–Trinajstić information content (AvgIpc) is 3.02. The number of rotatable bonds is 9. The van der Waals surface area contributed by atoms with Crippen LogP contribution in [0.3, 0.4) is 0 Å². The normalized spacial score (nSPS) is 10.7. The molecule has 0 fully saturated rings. The van der Waals surface area contributed by atoms with E-state index in [2.05, 4.69) is 34.4 Å². The molecule has 0 saturated carbocycles. The molecule has 3 rings (SSSR count). The maximum atomic E-state index is 12.7. The minimum Gasteiger partial charge on any atom is -0.372 e. The molecule has 0 radical (unpaired) electrons. The lowest BCUT2D eigenvalue weighted by Crippen LogP contribution is -2.30. The summed E-state index contributed by atoms with van der Waals surface area (Å²) in [5.74, 6) is -0.172. The van der Waals surface area contributed by atoms with Gasteiger partial charge in [0.25, 0.3) is 5.91 Å². The molecule has 0 bridgehead atoms. The van der Waals surface area contributed by atoms with Crippen LogP contribution in [0, 0.1) is 6.92 Å². The van der Waals surface area contributed by atoms with E-state index in [0.717, 1.165) is 25.1 Å². The largest absolute Gasteiger partial charge is 0.372 e. The summed E-state index contributed by atoms with van der Waals surface area (Å²) in [4.78, 5) is 15.0. The molecule has 0 aliphatic heterocycles. The number of nitrogens with zero attached hydrogens (tertiary/aromatic N) is 3. The van der Waals surface area contributed by atoms with E-state index in [9.17, 15) is 4.79 Å². The van der Waals surface area contributed by atoms with Crippen molar-refractivity contribution in [2.45, 2.75) is 26.8 Å². The van der Waals surface area contributed by atoms with Crippen LogP contribution in [0.4, 0.5) is 5.69 Å². The van der Waals surface area contributed by atoms with Crippen LogP contribution in [0.1, 0.15) is 35.0 Å². The number of nitrogens with one attached hydrogen (secondary N) is 1. The van der Waals surface area contributed by atoms with Crippen LogP contribution < -0.4 is 10.2 Å². The molecule has 1 heterocycles. The number of carbonyl (C=O) groups excluding carboxylic acids is 1. The maximum absolute atomic E-state index is 12.7. The van der Waals surface area contributed by atoms with Crippen molar-refractivity contribution in [2.24, 2.45) is 0 Å². The third-order valence-corrected chi connectivity index (χ3v) is 5.25. The highest BCUT2D eigenvalue weighted by molar-refractivity contribution is 6.33. The van der Waals surface area contributed by atoms with Gasteiger partial charge in [-0.1, -0.05) is 60.1 Å². The number of amides is 1. The SMILES string of the molecule is CCN(CCCNC(=O)c1c(C)nn(Cc2ccccc2)c1Cl)c1ccccc1. The van der Waals surface area contributed by atoms with Crippen LogP contribution >= 0.6 is 11.6 Å². The first-order valence-electron chi connectivity index (χ1n) is 9.95. The minimum absolute atomic E-state index is 0.172. The van der Waals surface area contributed by atoms with E-state index in [0.29, 0.717) is 29.5 Å². The molecule has 0 aliphatic carbocycles. The lowest BCUT2D eigenvalue weighted by molar-refractivity contribution is 0.0953. The second kappa shape index (κ2) is 10.1. The fourth-order valence-corrected chi connectivity index (χ4v) is 3.66. The lowest BCUT2D eigenvalue weighted by atomic mass is 10.2. The number of aromatic nitrogens is 2. The van der Waals surface area contributed by atoms with Gasteiger partial charge in [-0.2, -0.15) is 5.10 Å². The van der Waals surface area contributed by atoms with Crippen molar-refractivity contribution in [2.75, 3.05) is 24.5 Å². The van der Waals surface area contributed by atoms with Gasteiger partial charge in [0, 0.05) is 25.3 Å². The van der Waals surface area contributed by atoms with Gasteiger partial charge in [0.05, 0.1) is 17.8 Å². The highest BCUT2D eigenvalue weighted by Crippen LogP contribution is 2.21. The second-order valence-electron chi connectivity index (χ2n) is 6.92. The topological polar surface area (TPSA) is 50.2 Å². The number of para-hydroxylation sites is 1. The summed E-state index contributed by atoms with van der Waals surface area (Å²) in [6.07, 6.45) is 0.850. The Bertz CT molecular complexity index is 925. The van der Waals surface area contributed by atoms with Gasteiger partial charge in [-0.05, 0) is 38.0 Å². The standard InChI is InChI=1S/C23H27ClN4O/c1-3-27(20-13-8-5-9-14-20)16-10-15-25-23(29)21-18(2)26-28(22(21)24)17-19-11-6-4-7-12-19/h4-9,11-14H,3,10,15-17H2,1-2H3,(H,25,29). The van der Waals surface area contributed by atoms with Gasteiger partial charge in [-0.3, -0.25) is 4.79 Å². The zero-order valence-electron chi connectivity index (χ0n) is 16.9. The number of aryl methyl sites for hydroxylation is 1. The fraction of sp³-hybridized carbons (Fsp3) is 0.304. The predicted molar refractivity (Wildman–Crippen MR) is 119 cm³/mol. The van der Waals surface area contributed by atoms with E-state index in [1.165, 1.54) is 5.69 Å². The van der Waals surface area contributed by atoms with E-state index in [-0.39, 0.29) is 5.91 Å². The Balaban J connectivity index is 1.55. The summed E-state index contributed by atoms with van der Waals surface area (Å²) in [7, 11) is 0. The van der Waals surface area contributed by atoms with Gasteiger partial charge in [-0.25, -0.2) is 4.68 Å². The molecule has 0 atom stereocenters. The first-order valence-corrected chi connectivity index (χ1v) is 10.3. The highest BCUT2D eigenvalue weighted by atomic mass is 35.5. The number of halogens is 1. The average molecular weight is 411 g/mol. The van der Waals surface area contributed by atoms with Crippen molar-refractivity contribution in [3.63, 3.8) is 0 Å². The van der Waals surface area contributed by atoms with Crippen molar-refractivity contribution in [1.29, 1.82) is 0 Å². The highest BCUT2D eigenvalue weighted by Gasteiger charge is 2.20. The number of anilines is 1. The molecule has 0 saturated heterocycles. The Labute approximate surface area is 177 Å². The monoisotopic (exact) mass is 410 g/mol. The van der Waals surface area contributed by atoms with Crippen molar-refractivity contribution >= 4 is 23.2 Å². The van der Waals surface area contributed by atoms with Crippen molar-refractivity contribution in [1.82, 2.24) is 15.1 Å². The van der Waals surface area contributed by atoms with Crippen molar-refractivity contribution in [3.05, 3.63) is 82.6 Å². The molecule has 2 aromatic carbocycles. The second-order valence-corrected chi connectivity index (χ2v) is 7.28. The molecule has 1 amide bonds. The Morgan fingerprint density at radius 1 is 1.10 bits per heavy atom. The van der Waals surface area contributed by atoms with E-state index in [1.54, 1.807) is 4.68 Å². The van der Waals surface area contributed by atoms with Gasteiger partial charge in [0.2, 0.25) is 0 Å². The summed E-state index contributed by atoms with van der Waals surface area (Å²) < 4.78 is 1.68. The Hall–Kier alpha value is -2.79. The van der Waals surface area contributed by atoms with Crippen LogP contribution in [0.15, 0.2) is 60.7 Å². The number of carbonyl (C=O) groups is 1. The molecule has 5 nitrogen and oxygen atoms in total. The van der Waals surface area contributed by atoms with E-state index >= 15 is 0 Å². The lowest BCUT2D eigenvalue weighted by Gasteiger charge is -2.23. The summed E-state index contributed by atoms with van der Waals surface area (Å²) >= 11 is 6.47. The first-order chi connectivity index (χ1) is 14.1. The Morgan fingerprint density at radius 2 is 1.76 bits per heavy atom. The van der Waals surface area contributed by atoms with Gasteiger partial charge in [0.15, 0.2) is 0 Å². The molecule has 152 valence electrons. The summed E-state index contributed by atoms with van der Waals surface area (Å²) in [6, 6.07) is 20.2. The molecule has 0 aliphatic rings. The molecule has 0 unspecified atom stereocenters. The number of benzene rings is 2. The molecule has 6 heteroatoms. The molecular formula is C23H27ClN4O. The molecule has 1 N–H and O–H groups in total. The van der Waals surface area contributed by atoms with Gasteiger partial charge in [-0.15, -0.1) is 0 Å². The molecule has 1 aromatic heterocycles. The Morgan fingerprint density at radius 3 is 2.41 bits per heavy atom. The Kier molecular flexibility index (Phi) is 7.30. The van der Waals surface area contributed by atoms with E-state index < -0.39 is 0 Å². The van der Waals surface area contributed by atoms with Crippen LogP contribution in [0.2, 0.25) is 5.15 Å². The molecule has 0 spiro atoms. The minimum atomic E-state index is -0.172. The van der Waals surface area contributed by atoms with Crippen LogP contribution in [0.25, 0.3) is 0 Å². The molecule has 29 heavy (non-hydrogen) atoms. The van der Waals surface area contributed by atoms with Gasteiger partial charge in [0.1, 0.15) is 5.15 Å². The van der Waals surface area contributed by atoms with E-state index in [4.69, 9.17) is 11.6 Å². The number of hydrogen-bond donors (Lipinski definition) is 1. The maximum Gasteiger partial charge on any atom is 0.256 e. The van der Waals surface area contributed by atoms with Crippen LogP contribution in [-0.4, -0.2) is 35.3 Å². The third kappa shape index (κ3) is 5.39. The van der Waals surface area contributed by atoms with Gasteiger partial charge >= 0.3 is 0 Å². The number of hydrogen-bond acceptors (Lipinski definition) is 3. The first kappa shape index (κ1) is 20.9. The van der Waals surface area contributed by atoms with Crippen LogP contribution in [0.5, 0.6) is 0 Å². The summed E-state index contributed by atoms with van der Waals surface area (Å²) in [6.45, 7) is 6.88. The molecular weight excluding hydrogens is 384 g/mol. The van der Waals surface area contributed by atoms with Gasteiger partial charge < -0.3 is 10.2 Å². The molecule has 3 aromatic rings. The van der Waals surface area contributed by atoms with Crippen LogP contribution in [-0.2, 0) is 6.54 Å². The van der Waals surface area contributed by atoms with E-state index in [1.807, 2.05) is 55.5 Å². The smallest absolute Gasteiger partial charge is 0.256 e. The van der Waals surface area contributed by atoms with Crippen molar-refractivity contribution < 1.29 is 4.79 Å². The third-order valence-electron chi connectivity index (χ3n) is 4.86. The quantitative estimate of drug-likeness (QED) is 0.527. The predicted octanol–water partition coefficient (Wildman–Crippen LogP) is 4.54. The summed E-state index contributed by atoms with van der Waals surface area (Å²) in [5, 5.41) is 7.82.